The number of esters is 1. The van der Waals surface area contributed by atoms with Gasteiger partial charge in [0, 0.05) is 10.3 Å². The molecule has 3 heterocycles. The zero-order valence-corrected chi connectivity index (χ0v) is 19.5. The number of thioether (sulfide) groups is 1. The van der Waals surface area contributed by atoms with E-state index < -0.39 is 0 Å². The molecule has 0 radical (unpaired) electrons. The zero-order chi connectivity index (χ0) is 21.3. The third kappa shape index (κ3) is 4.24. The third-order valence-corrected chi connectivity index (χ3v) is 8.22. The van der Waals surface area contributed by atoms with E-state index in [2.05, 4.69) is 22.2 Å². The highest BCUT2D eigenvalue weighted by molar-refractivity contribution is 8.00. The first-order valence-electron chi connectivity index (χ1n) is 9.95. The van der Waals surface area contributed by atoms with Gasteiger partial charge in [-0.15, -0.1) is 22.7 Å². The highest BCUT2D eigenvalue weighted by Crippen LogP contribution is 2.40. The van der Waals surface area contributed by atoms with Crippen molar-refractivity contribution in [2.75, 3.05) is 11.9 Å². The van der Waals surface area contributed by atoms with Crippen LogP contribution in [0.5, 0.6) is 0 Å². The summed E-state index contributed by atoms with van der Waals surface area (Å²) in [5.41, 5.74) is 1.58. The molecule has 30 heavy (non-hydrogen) atoms. The van der Waals surface area contributed by atoms with Crippen LogP contribution in [0.2, 0.25) is 0 Å². The summed E-state index contributed by atoms with van der Waals surface area (Å²) in [4.78, 5) is 36.3. The summed E-state index contributed by atoms with van der Waals surface area (Å²) in [6.45, 7) is 6.17. The maximum absolute atomic E-state index is 13.0. The lowest BCUT2D eigenvalue weighted by Crippen LogP contribution is -2.23. The Bertz CT molecular complexity index is 1090. The van der Waals surface area contributed by atoms with Crippen LogP contribution in [0.4, 0.5) is 5.00 Å². The maximum atomic E-state index is 13.0. The van der Waals surface area contributed by atoms with Crippen LogP contribution in [-0.2, 0) is 22.4 Å². The summed E-state index contributed by atoms with van der Waals surface area (Å²) in [7, 11) is 0. The van der Waals surface area contributed by atoms with Gasteiger partial charge >= 0.3 is 5.97 Å². The van der Waals surface area contributed by atoms with Crippen LogP contribution in [0.25, 0.3) is 10.2 Å². The lowest BCUT2D eigenvalue weighted by atomic mass is 9.88. The predicted molar refractivity (Wildman–Crippen MR) is 123 cm³/mol. The SMILES string of the molecule is CCOC(=O)c1c(NC(=O)[C@@H](C)Sc2ncnc3sccc23)sc2c1CC[C@H](C)C2. The Balaban J connectivity index is 1.56. The molecule has 6 nitrogen and oxygen atoms in total. The van der Waals surface area contributed by atoms with Gasteiger partial charge in [-0.3, -0.25) is 4.79 Å². The molecule has 0 saturated heterocycles. The van der Waals surface area contributed by atoms with Crippen LogP contribution in [-0.4, -0.2) is 33.7 Å². The Hall–Kier alpha value is -1.97. The second kappa shape index (κ2) is 9.03. The molecule has 0 saturated carbocycles. The molecule has 9 heteroatoms. The molecule has 1 aliphatic carbocycles. The summed E-state index contributed by atoms with van der Waals surface area (Å²) in [6.07, 6.45) is 4.35. The Morgan fingerprint density at radius 3 is 3.03 bits per heavy atom. The van der Waals surface area contributed by atoms with Gasteiger partial charge in [0.05, 0.1) is 17.4 Å². The first-order chi connectivity index (χ1) is 14.5. The molecule has 0 fully saturated rings. The second-order valence-corrected chi connectivity index (χ2v) is 10.7. The standard InChI is InChI=1S/C21H23N3O3S3/c1-4-27-21(26)16-13-6-5-11(2)9-15(13)30-20(16)24-17(25)12(3)29-19-14-7-8-28-18(14)22-10-23-19/h7-8,10-12H,4-6,9H2,1-3H3,(H,24,25)/t11-,12+/m0/s1. The summed E-state index contributed by atoms with van der Waals surface area (Å²) < 4.78 is 5.29. The Labute approximate surface area is 187 Å². The number of nitrogens with one attached hydrogen (secondary N) is 1. The van der Waals surface area contributed by atoms with Crippen molar-refractivity contribution in [3.05, 3.63) is 33.8 Å². The number of thiophene rings is 2. The molecule has 4 rings (SSSR count). The molecule has 1 N–H and O–H groups in total. The lowest BCUT2D eigenvalue weighted by molar-refractivity contribution is -0.115. The molecular weight excluding hydrogens is 438 g/mol. The summed E-state index contributed by atoms with van der Waals surface area (Å²) in [6, 6.07) is 1.97. The number of carbonyl (C=O) groups excluding carboxylic acids is 2. The zero-order valence-electron chi connectivity index (χ0n) is 17.1. The number of hydrogen-bond donors (Lipinski definition) is 1. The Kier molecular flexibility index (Phi) is 6.40. The van der Waals surface area contributed by atoms with Crippen LogP contribution in [0.15, 0.2) is 22.8 Å². The van der Waals surface area contributed by atoms with Gasteiger partial charge in [0.15, 0.2) is 0 Å². The average molecular weight is 462 g/mol. The third-order valence-electron chi connectivity index (χ3n) is 5.11. The number of hydrogen-bond acceptors (Lipinski definition) is 8. The van der Waals surface area contributed by atoms with Crippen molar-refractivity contribution in [3.8, 4) is 0 Å². The van der Waals surface area contributed by atoms with Gasteiger partial charge in [0.1, 0.15) is 21.2 Å². The van der Waals surface area contributed by atoms with E-state index in [0.717, 1.165) is 40.1 Å². The number of amides is 1. The Morgan fingerprint density at radius 2 is 2.23 bits per heavy atom. The van der Waals surface area contributed by atoms with E-state index in [1.807, 2.05) is 18.4 Å². The summed E-state index contributed by atoms with van der Waals surface area (Å²) in [5, 5.41) is 6.94. The normalized spacial score (nSPS) is 16.8. The van der Waals surface area contributed by atoms with Crippen LogP contribution in [0.3, 0.4) is 0 Å². The number of anilines is 1. The quantitative estimate of drug-likeness (QED) is 0.310. The minimum atomic E-state index is -0.379. The van der Waals surface area contributed by atoms with Gasteiger partial charge in [0.2, 0.25) is 5.91 Å². The summed E-state index contributed by atoms with van der Waals surface area (Å²) >= 11 is 4.46. The number of rotatable bonds is 6. The number of ether oxygens (including phenoxy) is 1. The van der Waals surface area contributed by atoms with E-state index in [1.54, 1.807) is 18.3 Å². The van der Waals surface area contributed by atoms with Crippen LogP contribution >= 0.6 is 34.4 Å². The minimum Gasteiger partial charge on any atom is -0.462 e. The van der Waals surface area contributed by atoms with E-state index in [9.17, 15) is 9.59 Å². The molecule has 0 aliphatic heterocycles. The Morgan fingerprint density at radius 1 is 1.40 bits per heavy atom. The average Bonchev–Trinajstić information content (AvgIpc) is 3.32. The molecule has 158 valence electrons. The molecule has 3 aromatic rings. The number of nitrogens with zero attached hydrogens (tertiary/aromatic N) is 2. The maximum Gasteiger partial charge on any atom is 0.341 e. The fraction of sp³-hybridized carbons (Fsp3) is 0.429. The molecular formula is C21H23N3O3S3. The van der Waals surface area contributed by atoms with Gasteiger partial charge in [0.25, 0.3) is 0 Å². The number of aromatic nitrogens is 2. The highest BCUT2D eigenvalue weighted by Gasteiger charge is 2.30. The number of carbonyl (C=O) groups is 2. The number of fused-ring (bicyclic) bond motifs is 2. The van der Waals surface area contributed by atoms with E-state index in [4.69, 9.17) is 4.74 Å². The topological polar surface area (TPSA) is 81.2 Å². The van der Waals surface area contributed by atoms with Gasteiger partial charge in [-0.1, -0.05) is 18.7 Å². The van der Waals surface area contributed by atoms with Gasteiger partial charge in [-0.05, 0) is 56.0 Å². The van der Waals surface area contributed by atoms with E-state index in [1.165, 1.54) is 34.3 Å². The van der Waals surface area contributed by atoms with Gasteiger partial charge < -0.3 is 10.1 Å². The monoisotopic (exact) mass is 461 g/mol. The fourth-order valence-corrected chi connectivity index (χ4v) is 6.65. The van der Waals surface area contributed by atoms with E-state index in [0.29, 0.717) is 23.1 Å². The van der Waals surface area contributed by atoms with Crippen LogP contribution in [0, 0.1) is 5.92 Å². The fourth-order valence-electron chi connectivity index (χ4n) is 3.55. The second-order valence-electron chi connectivity index (χ2n) is 7.34. The van der Waals surface area contributed by atoms with E-state index >= 15 is 0 Å². The van der Waals surface area contributed by atoms with Crippen LogP contribution in [0.1, 0.15) is 48.0 Å². The van der Waals surface area contributed by atoms with Gasteiger partial charge in [-0.2, -0.15) is 0 Å². The van der Waals surface area contributed by atoms with E-state index in [-0.39, 0.29) is 17.1 Å². The lowest BCUT2D eigenvalue weighted by Gasteiger charge is -2.18. The smallest absolute Gasteiger partial charge is 0.341 e. The van der Waals surface area contributed by atoms with Crippen molar-refractivity contribution in [2.45, 2.75) is 50.3 Å². The van der Waals surface area contributed by atoms with Crippen molar-refractivity contribution in [1.29, 1.82) is 0 Å². The van der Waals surface area contributed by atoms with Crippen molar-refractivity contribution < 1.29 is 14.3 Å². The minimum absolute atomic E-state index is 0.154. The highest BCUT2D eigenvalue weighted by atomic mass is 32.2. The van der Waals surface area contributed by atoms with Crippen molar-refractivity contribution in [1.82, 2.24) is 9.97 Å². The van der Waals surface area contributed by atoms with Crippen molar-refractivity contribution in [2.24, 2.45) is 5.92 Å². The molecule has 3 aromatic heterocycles. The molecule has 0 unspecified atom stereocenters. The summed E-state index contributed by atoms with van der Waals surface area (Å²) in [5.74, 6) is 0.0742. The van der Waals surface area contributed by atoms with Gasteiger partial charge in [-0.25, -0.2) is 14.8 Å². The largest absolute Gasteiger partial charge is 0.462 e. The molecule has 1 aliphatic rings. The molecule has 0 aromatic carbocycles. The molecule has 1 amide bonds. The molecule has 0 bridgehead atoms. The molecule has 0 spiro atoms. The van der Waals surface area contributed by atoms with Crippen molar-refractivity contribution in [3.63, 3.8) is 0 Å². The predicted octanol–water partition coefficient (Wildman–Crippen LogP) is 5.17. The van der Waals surface area contributed by atoms with Crippen molar-refractivity contribution >= 4 is 61.5 Å². The first-order valence-corrected chi connectivity index (χ1v) is 12.5. The van der Waals surface area contributed by atoms with Crippen LogP contribution < -0.4 is 5.32 Å². The molecule has 2 atom stereocenters. The first kappa shape index (κ1) is 21.3.